The van der Waals surface area contributed by atoms with Crippen LogP contribution in [0.15, 0.2) is 24.7 Å². The number of ether oxygens (including phenoxy) is 1. The van der Waals surface area contributed by atoms with Gasteiger partial charge < -0.3 is 24.7 Å². The van der Waals surface area contributed by atoms with Gasteiger partial charge in [-0.05, 0) is 39.8 Å². The van der Waals surface area contributed by atoms with E-state index >= 15 is 0 Å². The third kappa shape index (κ3) is 4.43. The number of carbonyl (C=O) groups excluding carboxylic acids is 1. The van der Waals surface area contributed by atoms with E-state index in [2.05, 4.69) is 25.6 Å². The van der Waals surface area contributed by atoms with Crippen molar-refractivity contribution in [3.63, 3.8) is 0 Å². The fraction of sp³-hybridized carbons (Fsp3) is 0.429. The number of aryl methyl sites for hydroxylation is 1. The lowest BCUT2D eigenvalue weighted by atomic mass is 10.1. The summed E-state index contributed by atoms with van der Waals surface area (Å²) >= 11 is 0. The second kappa shape index (κ2) is 8.84. The van der Waals surface area contributed by atoms with Crippen LogP contribution in [0, 0.1) is 12.7 Å². The summed E-state index contributed by atoms with van der Waals surface area (Å²) in [6.45, 7) is 5.85. The van der Waals surface area contributed by atoms with Crippen molar-refractivity contribution < 1.29 is 13.9 Å². The molecule has 1 amide bonds. The Morgan fingerprint density at radius 2 is 2.13 bits per heavy atom. The second-order valence-corrected chi connectivity index (χ2v) is 7.56. The molecule has 0 unspecified atom stereocenters. The van der Waals surface area contributed by atoms with Gasteiger partial charge in [0.25, 0.3) is 5.91 Å². The molecule has 1 fully saturated rings. The molecule has 0 aliphatic carbocycles. The van der Waals surface area contributed by atoms with E-state index in [4.69, 9.17) is 4.74 Å². The number of fused-ring (bicyclic) bond motifs is 1. The van der Waals surface area contributed by atoms with Crippen molar-refractivity contribution in [1.82, 2.24) is 24.7 Å². The molecular weight excluding hydrogens is 401 g/mol. The number of hydrogen-bond donors (Lipinski definition) is 2. The van der Waals surface area contributed by atoms with Crippen LogP contribution in [-0.2, 0) is 0 Å². The summed E-state index contributed by atoms with van der Waals surface area (Å²) in [5.41, 5.74) is 1.37. The molecule has 1 aliphatic rings. The summed E-state index contributed by atoms with van der Waals surface area (Å²) in [7, 11) is 1.95. The van der Waals surface area contributed by atoms with Crippen LogP contribution in [0.2, 0.25) is 0 Å². The van der Waals surface area contributed by atoms with E-state index in [1.165, 1.54) is 16.7 Å². The molecule has 0 atom stereocenters. The monoisotopic (exact) mass is 427 g/mol. The first-order valence-corrected chi connectivity index (χ1v) is 10.4. The van der Waals surface area contributed by atoms with Crippen molar-refractivity contribution in [2.24, 2.45) is 0 Å². The number of anilines is 2. The van der Waals surface area contributed by atoms with E-state index in [9.17, 15) is 9.18 Å². The predicted molar refractivity (Wildman–Crippen MR) is 115 cm³/mol. The normalized spacial score (nSPS) is 14.6. The number of imidazole rings is 1. The molecule has 4 heterocycles. The number of amides is 1. The lowest BCUT2D eigenvalue weighted by Crippen LogP contribution is -2.42. The first kappa shape index (κ1) is 21.0. The molecule has 164 valence electrons. The highest BCUT2D eigenvalue weighted by Gasteiger charge is 2.23. The molecule has 0 bridgehead atoms. The molecule has 1 saturated heterocycles. The number of halogens is 1. The number of rotatable bonds is 6. The maximum atomic E-state index is 14.3. The Balaban J connectivity index is 1.58. The van der Waals surface area contributed by atoms with Crippen molar-refractivity contribution in [2.75, 3.05) is 37.0 Å². The van der Waals surface area contributed by atoms with Crippen LogP contribution in [0.1, 0.15) is 35.8 Å². The standard InChI is InChI=1S/C21H26FN7O2/c1-4-31-20-16(10-24-21(27-20)28(3)15-5-7-23-8-6-15)19(30)26-14-9-17(22)18-25-13(2)11-29(18)12-14/h9-12,15,23H,4-8H2,1-3H3,(H,26,30). The van der Waals surface area contributed by atoms with Crippen molar-refractivity contribution >= 4 is 23.2 Å². The first-order chi connectivity index (χ1) is 15.0. The number of aromatic nitrogens is 4. The Kier molecular flexibility index (Phi) is 5.99. The van der Waals surface area contributed by atoms with Crippen LogP contribution in [0.3, 0.4) is 0 Å². The summed E-state index contributed by atoms with van der Waals surface area (Å²) in [6.07, 6.45) is 6.74. The van der Waals surface area contributed by atoms with E-state index < -0.39 is 11.7 Å². The Bertz CT molecular complexity index is 1090. The fourth-order valence-electron chi connectivity index (χ4n) is 3.73. The highest BCUT2D eigenvalue weighted by Crippen LogP contribution is 2.23. The second-order valence-electron chi connectivity index (χ2n) is 7.56. The van der Waals surface area contributed by atoms with Crippen LogP contribution in [0.4, 0.5) is 16.0 Å². The Morgan fingerprint density at radius 1 is 1.35 bits per heavy atom. The molecule has 9 nitrogen and oxygen atoms in total. The molecule has 3 aromatic rings. The van der Waals surface area contributed by atoms with Crippen LogP contribution in [0.5, 0.6) is 5.88 Å². The molecule has 0 aromatic carbocycles. The van der Waals surface area contributed by atoms with Crippen molar-refractivity contribution in [3.05, 3.63) is 41.7 Å². The van der Waals surface area contributed by atoms with E-state index in [0.717, 1.165) is 25.9 Å². The lowest BCUT2D eigenvalue weighted by molar-refractivity contribution is 0.102. The average molecular weight is 427 g/mol. The minimum absolute atomic E-state index is 0.187. The Labute approximate surface area is 179 Å². The zero-order valence-electron chi connectivity index (χ0n) is 17.9. The SMILES string of the molecule is CCOc1nc(N(C)C2CCNCC2)ncc1C(=O)Nc1cc(F)c2nc(C)cn2c1. The third-order valence-corrected chi connectivity index (χ3v) is 5.32. The molecular formula is C21H26FN7O2. The molecule has 0 radical (unpaired) electrons. The molecule has 31 heavy (non-hydrogen) atoms. The van der Waals surface area contributed by atoms with E-state index in [1.807, 2.05) is 18.9 Å². The van der Waals surface area contributed by atoms with Crippen LogP contribution >= 0.6 is 0 Å². The maximum absolute atomic E-state index is 14.3. The first-order valence-electron chi connectivity index (χ1n) is 10.4. The summed E-state index contributed by atoms with van der Waals surface area (Å²) in [4.78, 5) is 27.9. The van der Waals surface area contributed by atoms with E-state index in [1.54, 1.807) is 19.3 Å². The Hall–Kier alpha value is -3.27. The molecule has 3 aromatic heterocycles. The number of nitrogens with zero attached hydrogens (tertiary/aromatic N) is 5. The fourth-order valence-corrected chi connectivity index (χ4v) is 3.73. The molecule has 0 saturated carbocycles. The van der Waals surface area contributed by atoms with Gasteiger partial charge in [-0.3, -0.25) is 4.79 Å². The van der Waals surface area contributed by atoms with Gasteiger partial charge in [0.15, 0.2) is 11.5 Å². The van der Waals surface area contributed by atoms with Gasteiger partial charge in [-0.25, -0.2) is 14.4 Å². The molecule has 0 spiro atoms. The number of pyridine rings is 1. The molecule has 2 N–H and O–H groups in total. The summed E-state index contributed by atoms with van der Waals surface area (Å²) in [5.74, 6) is -0.291. The van der Waals surface area contributed by atoms with Crippen LogP contribution in [-0.4, -0.2) is 58.0 Å². The Morgan fingerprint density at radius 3 is 2.87 bits per heavy atom. The number of hydrogen-bond acceptors (Lipinski definition) is 7. The number of piperidine rings is 1. The zero-order chi connectivity index (χ0) is 22.0. The highest BCUT2D eigenvalue weighted by molar-refractivity contribution is 6.05. The van der Waals surface area contributed by atoms with E-state index in [0.29, 0.717) is 30.0 Å². The van der Waals surface area contributed by atoms with E-state index in [-0.39, 0.29) is 17.1 Å². The zero-order valence-corrected chi connectivity index (χ0v) is 17.9. The van der Waals surface area contributed by atoms with Crippen molar-refractivity contribution in [2.45, 2.75) is 32.7 Å². The minimum atomic E-state index is -0.522. The number of carbonyl (C=O) groups is 1. The van der Waals surface area contributed by atoms with Gasteiger partial charge in [-0.2, -0.15) is 4.98 Å². The highest BCUT2D eigenvalue weighted by atomic mass is 19.1. The summed E-state index contributed by atoms with van der Waals surface area (Å²) < 4.78 is 21.5. The molecule has 10 heteroatoms. The summed E-state index contributed by atoms with van der Waals surface area (Å²) in [6, 6.07) is 1.56. The van der Waals surface area contributed by atoms with Gasteiger partial charge in [-0.15, -0.1) is 0 Å². The van der Waals surface area contributed by atoms with Crippen LogP contribution < -0.4 is 20.3 Å². The molecule has 4 rings (SSSR count). The predicted octanol–water partition coefficient (Wildman–Crippen LogP) is 2.41. The van der Waals surface area contributed by atoms with Gasteiger partial charge in [0.1, 0.15) is 5.56 Å². The van der Waals surface area contributed by atoms with Gasteiger partial charge in [0.2, 0.25) is 11.8 Å². The van der Waals surface area contributed by atoms with Gasteiger partial charge in [0.05, 0.1) is 18.0 Å². The number of nitrogens with one attached hydrogen (secondary N) is 2. The van der Waals surface area contributed by atoms with Crippen molar-refractivity contribution in [3.8, 4) is 5.88 Å². The van der Waals surface area contributed by atoms with Gasteiger partial charge in [-0.1, -0.05) is 0 Å². The van der Waals surface area contributed by atoms with Gasteiger partial charge in [0, 0.05) is 37.7 Å². The van der Waals surface area contributed by atoms with Gasteiger partial charge >= 0.3 is 0 Å². The topological polar surface area (TPSA) is 96.7 Å². The minimum Gasteiger partial charge on any atom is -0.477 e. The quantitative estimate of drug-likeness (QED) is 0.624. The largest absolute Gasteiger partial charge is 0.477 e. The van der Waals surface area contributed by atoms with Crippen LogP contribution in [0.25, 0.3) is 5.65 Å². The average Bonchev–Trinajstić information content (AvgIpc) is 3.14. The summed E-state index contributed by atoms with van der Waals surface area (Å²) in [5, 5.41) is 6.04. The maximum Gasteiger partial charge on any atom is 0.262 e. The third-order valence-electron chi connectivity index (χ3n) is 5.32. The lowest BCUT2D eigenvalue weighted by Gasteiger charge is -2.31. The van der Waals surface area contributed by atoms with Crippen molar-refractivity contribution in [1.29, 1.82) is 0 Å². The smallest absolute Gasteiger partial charge is 0.262 e. The molecule has 1 aliphatic heterocycles.